The molecule has 1 N–H and O–H groups in total. The zero-order chi connectivity index (χ0) is 14.5. The van der Waals surface area contributed by atoms with E-state index in [0.717, 1.165) is 31.1 Å². The molecule has 0 saturated carbocycles. The number of hydrogen-bond donors (Lipinski definition) is 1. The van der Waals surface area contributed by atoms with E-state index in [1.54, 1.807) is 11.3 Å². The van der Waals surface area contributed by atoms with Crippen molar-refractivity contribution in [2.24, 2.45) is 0 Å². The maximum atomic E-state index is 6.40. The van der Waals surface area contributed by atoms with Crippen LogP contribution >= 0.6 is 22.9 Å². The lowest BCUT2D eigenvalue weighted by Crippen LogP contribution is -2.47. The standard InChI is InChI=1S/C15H26ClN3S/c1-4-7-17-14(15-12(16)6-10-20-15)13-11-18(2)8-5-9-19(13)3/h6,10,13-14,17H,4-5,7-9,11H2,1-3H3. The molecule has 5 heteroatoms. The second-order valence-corrected chi connectivity index (χ2v) is 7.08. The Morgan fingerprint density at radius 3 is 2.90 bits per heavy atom. The maximum Gasteiger partial charge on any atom is 0.0600 e. The Hall–Kier alpha value is -0.130. The molecule has 0 aromatic carbocycles. The monoisotopic (exact) mass is 315 g/mol. The molecule has 20 heavy (non-hydrogen) atoms. The van der Waals surface area contributed by atoms with Crippen molar-refractivity contribution in [2.75, 3.05) is 40.3 Å². The number of halogens is 1. The van der Waals surface area contributed by atoms with Crippen molar-refractivity contribution in [3.63, 3.8) is 0 Å². The molecule has 0 aliphatic carbocycles. The van der Waals surface area contributed by atoms with Crippen molar-refractivity contribution in [3.05, 3.63) is 21.3 Å². The number of thiophene rings is 1. The molecule has 1 fully saturated rings. The van der Waals surface area contributed by atoms with Crippen molar-refractivity contribution < 1.29 is 0 Å². The first-order valence-corrected chi connectivity index (χ1v) is 8.74. The smallest absolute Gasteiger partial charge is 0.0600 e. The van der Waals surface area contributed by atoms with E-state index in [4.69, 9.17) is 11.6 Å². The lowest BCUT2D eigenvalue weighted by atomic mass is 10.0. The van der Waals surface area contributed by atoms with E-state index in [1.807, 2.05) is 6.07 Å². The highest BCUT2D eigenvalue weighted by Gasteiger charge is 2.31. The van der Waals surface area contributed by atoms with Gasteiger partial charge in [-0.3, -0.25) is 0 Å². The van der Waals surface area contributed by atoms with E-state index < -0.39 is 0 Å². The second-order valence-electron chi connectivity index (χ2n) is 5.73. The molecule has 0 bridgehead atoms. The van der Waals surface area contributed by atoms with Crippen LogP contribution in [0.5, 0.6) is 0 Å². The third kappa shape index (κ3) is 3.95. The maximum absolute atomic E-state index is 6.40. The molecule has 0 spiro atoms. The van der Waals surface area contributed by atoms with Crippen LogP contribution in [0.3, 0.4) is 0 Å². The first kappa shape index (κ1) is 16.2. The van der Waals surface area contributed by atoms with Gasteiger partial charge in [0, 0.05) is 17.5 Å². The molecule has 1 aliphatic heterocycles. The van der Waals surface area contributed by atoms with Crippen LogP contribution in [0, 0.1) is 0 Å². The highest BCUT2D eigenvalue weighted by molar-refractivity contribution is 7.10. The molecule has 1 aliphatic rings. The van der Waals surface area contributed by atoms with Gasteiger partial charge in [-0.05, 0) is 58.0 Å². The van der Waals surface area contributed by atoms with Crippen LogP contribution < -0.4 is 5.32 Å². The molecule has 2 heterocycles. The average Bonchev–Trinajstić information content (AvgIpc) is 2.76. The van der Waals surface area contributed by atoms with Crippen LogP contribution in [0.1, 0.15) is 30.7 Å². The normalized spacial score (nSPS) is 23.7. The molecule has 1 aromatic rings. The van der Waals surface area contributed by atoms with Gasteiger partial charge < -0.3 is 15.1 Å². The molecular formula is C15H26ClN3S. The third-order valence-electron chi connectivity index (χ3n) is 4.04. The van der Waals surface area contributed by atoms with Gasteiger partial charge in [0.15, 0.2) is 0 Å². The summed E-state index contributed by atoms with van der Waals surface area (Å²) in [5, 5.41) is 6.72. The van der Waals surface area contributed by atoms with Gasteiger partial charge in [0.05, 0.1) is 11.1 Å². The fourth-order valence-electron chi connectivity index (χ4n) is 2.90. The molecule has 2 rings (SSSR count). The van der Waals surface area contributed by atoms with Gasteiger partial charge in [0.25, 0.3) is 0 Å². The van der Waals surface area contributed by atoms with E-state index in [2.05, 4.69) is 41.5 Å². The molecule has 114 valence electrons. The Kier molecular flexibility index (Phi) is 6.30. The fraction of sp³-hybridized carbons (Fsp3) is 0.733. The quantitative estimate of drug-likeness (QED) is 0.901. The first-order valence-electron chi connectivity index (χ1n) is 7.48. The summed E-state index contributed by atoms with van der Waals surface area (Å²) in [4.78, 5) is 6.22. The molecular weight excluding hydrogens is 290 g/mol. The molecule has 0 amide bonds. The minimum absolute atomic E-state index is 0.327. The molecule has 1 saturated heterocycles. The van der Waals surface area contributed by atoms with Gasteiger partial charge in [-0.2, -0.15) is 0 Å². The number of hydrogen-bond acceptors (Lipinski definition) is 4. The zero-order valence-corrected chi connectivity index (χ0v) is 14.3. The van der Waals surface area contributed by atoms with Crippen LogP contribution in [0.4, 0.5) is 0 Å². The molecule has 2 atom stereocenters. The lowest BCUT2D eigenvalue weighted by Gasteiger charge is -2.35. The van der Waals surface area contributed by atoms with Gasteiger partial charge in [-0.1, -0.05) is 18.5 Å². The Balaban J connectivity index is 2.22. The SMILES string of the molecule is CCCNC(c1sccc1Cl)C1CN(C)CCCN1C. The van der Waals surface area contributed by atoms with Crippen molar-refractivity contribution >= 4 is 22.9 Å². The summed E-state index contributed by atoms with van der Waals surface area (Å²) in [6.45, 7) is 6.67. The predicted octanol–water partition coefficient (Wildman–Crippen LogP) is 3.08. The van der Waals surface area contributed by atoms with Crippen LogP contribution in [0.25, 0.3) is 0 Å². The molecule has 3 nitrogen and oxygen atoms in total. The Labute approximate surface area is 131 Å². The summed E-state index contributed by atoms with van der Waals surface area (Å²) in [6, 6.07) is 2.82. The highest BCUT2D eigenvalue weighted by Crippen LogP contribution is 2.33. The number of rotatable bonds is 5. The Morgan fingerprint density at radius 2 is 2.25 bits per heavy atom. The summed E-state index contributed by atoms with van der Waals surface area (Å²) in [5.74, 6) is 0. The van der Waals surface area contributed by atoms with Gasteiger partial charge in [-0.15, -0.1) is 11.3 Å². The predicted molar refractivity (Wildman–Crippen MR) is 88.9 cm³/mol. The van der Waals surface area contributed by atoms with Gasteiger partial charge in [0.1, 0.15) is 0 Å². The third-order valence-corrected chi connectivity index (χ3v) is 5.48. The summed E-state index contributed by atoms with van der Waals surface area (Å²) in [6.07, 6.45) is 2.38. The van der Waals surface area contributed by atoms with E-state index in [-0.39, 0.29) is 0 Å². The van der Waals surface area contributed by atoms with Gasteiger partial charge in [-0.25, -0.2) is 0 Å². The number of nitrogens with one attached hydrogen (secondary N) is 1. The van der Waals surface area contributed by atoms with Crippen molar-refractivity contribution in [3.8, 4) is 0 Å². The summed E-state index contributed by atoms with van der Waals surface area (Å²) < 4.78 is 0. The summed E-state index contributed by atoms with van der Waals surface area (Å²) in [7, 11) is 4.46. The highest BCUT2D eigenvalue weighted by atomic mass is 35.5. The molecule has 1 aromatic heterocycles. The Bertz CT molecular complexity index is 410. The second kappa shape index (κ2) is 7.76. The molecule has 0 radical (unpaired) electrons. The van der Waals surface area contributed by atoms with Crippen LogP contribution in [-0.4, -0.2) is 56.1 Å². The largest absolute Gasteiger partial charge is 0.308 e. The minimum Gasteiger partial charge on any atom is -0.308 e. The number of nitrogens with zero attached hydrogens (tertiary/aromatic N) is 2. The van der Waals surface area contributed by atoms with Crippen LogP contribution in [0.2, 0.25) is 5.02 Å². The Morgan fingerprint density at radius 1 is 1.45 bits per heavy atom. The first-order chi connectivity index (χ1) is 9.63. The van der Waals surface area contributed by atoms with Crippen LogP contribution in [0.15, 0.2) is 11.4 Å². The van der Waals surface area contributed by atoms with Crippen molar-refractivity contribution in [1.29, 1.82) is 0 Å². The molecule has 2 unspecified atom stereocenters. The van der Waals surface area contributed by atoms with Crippen molar-refractivity contribution in [2.45, 2.75) is 31.8 Å². The lowest BCUT2D eigenvalue weighted by molar-refractivity contribution is 0.180. The van der Waals surface area contributed by atoms with Crippen LogP contribution in [-0.2, 0) is 0 Å². The fourth-order valence-corrected chi connectivity index (χ4v) is 4.20. The van der Waals surface area contributed by atoms with Crippen molar-refractivity contribution in [1.82, 2.24) is 15.1 Å². The van der Waals surface area contributed by atoms with Gasteiger partial charge >= 0.3 is 0 Å². The van der Waals surface area contributed by atoms with E-state index >= 15 is 0 Å². The van der Waals surface area contributed by atoms with E-state index in [1.165, 1.54) is 17.8 Å². The summed E-state index contributed by atoms with van der Waals surface area (Å²) >= 11 is 8.17. The average molecular weight is 316 g/mol. The van der Waals surface area contributed by atoms with E-state index in [0.29, 0.717) is 12.1 Å². The number of likely N-dealkylation sites (N-methyl/N-ethyl adjacent to an activating group) is 2. The van der Waals surface area contributed by atoms with E-state index in [9.17, 15) is 0 Å². The summed E-state index contributed by atoms with van der Waals surface area (Å²) in [5.41, 5.74) is 0. The van der Waals surface area contributed by atoms with Gasteiger partial charge in [0.2, 0.25) is 0 Å². The minimum atomic E-state index is 0.327. The topological polar surface area (TPSA) is 18.5 Å². The zero-order valence-electron chi connectivity index (χ0n) is 12.7.